The molecule has 1 spiro atoms. The lowest BCUT2D eigenvalue weighted by Gasteiger charge is -2.36. The van der Waals surface area contributed by atoms with Crippen molar-refractivity contribution < 1.29 is 4.79 Å². The molecule has 0 bridgehead atoms. The van der Waals surface area contributed by atoms with E-state index in [2.05, 4.69) is 36.7 Å². The van der Waals surface area contributed by atoms with E-state index in [0.29, 0.717) is 17.9 Å². The minimum absolute atomic E-state index is 0.203. The molecular formula is C22H26N8O. The summed E-state index contributed by atoms with van der Waals surface area (Å²) in [6.45, 7) is 7.54. The summed E-state index contributed by atoms with van der Waals surface area (Å²) in [5.41, 5.74) is 5.35. The summed E-state index contributed by atoms with van der Waals surface area (Å²) in [4.78, 5) is 26.3. The van der Waals surface area contributed by atoms with Crippen molar-refractivity contribution in [2.75, 3.05) is 41.3 Å². The molecule has 2 amide bonds. The molecule has 0 radical (unpaired) electrons. The van der Waals surface area contributed by atoms with Crippen molar-refractivity contribution in [1.29, 1.82) is 0 Å². The minimum Gasteiger partial charge on any atom is -0.368 e. The van der Waals surface area contributed by atoms with Crippen molar-refractivity contribution in [1.82, 2.24) is 24.9 Å². The third-order valence-corrected chi connectivity index (χ3v) is 6.63. The molecule has 1 aliphatic carbocycles. The molecule has 9 heteroatoms. The number of amides is 2. The highest BCUT2D eigenvalue weighted by atomic mass is 16.2. The van der Waals surface area contributed by atoms with Crippen LogP contribution in [0.15, 0.2) is 24.5 Å². The lowest BCUT2D eigenvalue weighted by molar-refractivity contribution is 0.257. The first-order valence-corrected chi connectivity index (χ1v) is 10.9. The Labute approximate surface area is 180 Å². The minimum atomic E-state index is -0.203. The molecule has 1 saturated heterocycles. The van der Waals surface area contributed by atoms with Crippen molar-refractivity contribution in [3.63, 3.8) is 0 Å². The van der Waals surface area contributed by atoms with Crippen LogP contribution in [0, 0.1) is 13.8 Å². The van der Waals surface area contributed by atoms with Crippen LogP contribution in [-0.2, 0) is 6.42 Å². The van der Waals surface area contributed by atoms with E-state index in [1.54, 1.807) is 9.42 Å². The Morgan fingerprint density at radius 2 is 2.13 bits per heavy atom. The van der Waals surface area contributed by atoms with Crippen molar-refractivity contribution in [2.45, 2.75) is 38.6 Å². The summed E-state index contributed by atoms with van der Waals surface area (Å²) < 4.78 is 1.71. The molecule has 0 atom stereocenters. The predicted octanol–water partition coefficient (Wildman–Crippen LogP) is 2.28. The van der Waals surface area contributed by atoms with Gasteiger partial charge in [-0.15, -0.1) is 5.10 Å². The number of nitrogens with zero attached hydrogens (tertiary/aromatic N) is 6. The summed E-state index contributed by atoms with van der Waals surface area (Å²) in [5, 5.41) is 11.1. The van der Waals surface area contributed by atoms with Gasteiger partial charge in [0.2, 0.25) is 0 Å². The molecular weight excluding hydrogens is 392 g/mol. The number of aromatic nitrogens is 4. The Kier molecular flexibility index (Phi) is 3.98. The van der Waals surface area contributed by atoms with E-state index in [0.717, 1.165) is 48.8 Å². The van der Waals surface area contributed by atoms with Gasteiger partial charge in [-0.3, -0.25) is 10.2 Å². The van der Waals surface area contributed by atoms with Gasteiger partial charge in [0, 0.05) is 49.2 Å². The van der Waals surface area contributed by atoms with Crippen LogP contribution in [-0.4, -0.2) is 57.3 Å². The maximum atomic E-state index is 13.1. The lowest BCUT2D eigenvalue weighted by Crippen LogP contribution is -2.52. The second-order valence-corrected chi connectivity index (χ2v) is 8.96. The average molecular weight is 419 g/mol. The number of carbonyl (C=O) groups is 1. The standard InChI is InChI=1S/C22H26N8O/c1-14-11-18(27-30-12-15(2)25-19(14)30)26-21(31)29-9-4-16-17(3-7-23-20(16)29)28-10-8-24-22(13-28)5-6-22/h3,7,11-12,24H,4-6,8-10,13H2,1-2H3,(H,26,27,31). The second kappa shape index (κ2) is 6.65. The van der Waals surface area contributed by atoms with Gasteiger partial charge in [-0.25, -0.2) is 19.3 Å². The van der Waals surface area contributed by atoms with E-state index in [1.807, 2.05) is 32.3 Å². The first kappa shape index (κ1) is 18.6. The van der Waals surface area contributed by atoms with E-state index >= 15 is 0 Å². The largest absolute Gasteiger partial charge is 0.368 e. The molecule has 0 unspecified atom stereocenters. The van der Waals surface area contributed by atoms with Crippen LogP contribution in [0.1, 0.15) is 29.7 Å². The number of anilines is 3. The number of hydrogen-bond donors (Lipinski definition) is 2. The number of pyridine rings is 1. The quantitative estimate of drug-likeness (QED) is 0.664. The van der Waals surface area contributed by atoms with Crippen LogP contribution in [0.3, 0.4) is 0 Å². The maximum Gasteiger partial charge on any atom is 0.328 e. The van der Waals surface area contributed by atoms with Crippen LogP contribution < -0.4 is 20.4 Å². The number of aryl methyl sites for hydroxylation is 2. The van der Waals surface area contributed by atoms with E-state index in [-0.39, 0.29) is 6.03 Å². The predicted molar refractivity (Wildman–Crippen MR) is 119 cm³/mol. The average Bonchev–Trinajstić information content (AvgIpc) is 3.17. The van der Waals surface area contributed by atoms with Gasteiger partial charge in [0.15, 0.2) is 11.5 Å². The van der Waals surface area contributed by atoms with Crippen molar-refractivity contribution in [3.05, 3.63) is 41.3 Å². The molecule has 5 heterocycles. The van der Waals surface area contributed by atoms with Gasteiger partial charge >= 0.3 is 6.03 Å². The topological polar surface area (TPSA) is 90.7 Å². The molecule has 1 saturated carbocycles. The first-order valence-electron chi connectivity index (χ1n) is 10.9. The molecule has 2 aliphatic heterocycles. The van der Waals surface area contributed by atoms with Crippen molar-refractivity contribution >= 4 is 29.0 Å². The van der Waals surface area contributed by atoms with Crippen LogP contribution in [0.2, 0.25) is 0 Å². The van der Waals surface area contributed by atoms with E-state index in [1.165, 1.54) is 24.1 Å². The van der Waals surface area contributed by atoms with E-state index < -0.39 is 0 Å². The highest BCUT2D eigenvalue weighted by Gasteiger charge is 2.46. The Morgan fingerprint density at radius 3 is 2.97 bits per heavy atom. The molecule has 3 aromatic rings. The molecule has 160 valence electrons. The van der Waals surface area contributed by atoms with Gasteiger partial charge < -0.3 is 10.2 Å². The van der Waals surface area contributed by atoms with Crippen LogP contribution in [0.4, 0.5) is 22.1 Å². The number of urea groups is 1. The number of nitrogens with one attached hydrogen (secondary N) is 2. The third-order valence-electron chi connectivity index (χ3n) is 6.63. The highest BCUT2D eigenvalue weighted by Crippen LogP contribution is 2.41. The molecule has 9 nitrogen and oxygen atoms in total. The number of piperazine rings is 1. The van der Waals surface area contributed by atoms with Gasteiger partial charge in [0.1, 0.15) is 5.82 Å². The van der Waals surface area contributed by atoms with Crippen LogP contribution in [0.5, 0.6) is 0 Å². The third kappa shape index (κ3) is 3.11. The van der Waals surface area contributed by atoms with Gasteiger partial charge in [-0.05, 0) is 50.8 Å². The highest BCUT2D eigenvalue weighted by molar-refractivity contribution is 6.02. The summed E-state index contributed by atoms with van der Waals surface area (Å²) in [5.74, 6) is 1.27. The molecule has 0 aromatic carbocycles. The van der Waals surface area contributed by atoms with Gasteiger partial charge in [-0.1, -0.05) is 0 Å². The fourth-order valence-corrected chi connectivity index (χ4v) is 4.90. The first-order chi connectivity index (χ1) is 15.0. The Balaban J connectivity index is 1.25. The van der Waals surface area contributed by atoms with Crippen molar-refractivity contribution in [2.24, 2.45) is 0 Å². The smallest absolute Gasteiger partial charge is 0.328 e. The summed E-state index contributed by atoms with van der Waals surface area (Å²) in [7, 11) is 0. The molecule has 3 aromatic heterocycles. The fourth-order valence-electron chi connectivity index (χ4n) is 4.90. The molecule has 31 heavy (non-hydrogen) atoms. The monoisotopic (exact) mass is 418 g/mol. The normalized spacial score (nSPS) is 19.2. The van der Waals surface area contributed by atoms with Crippen molar-refractivity contribution in [3.8, 4) is 0 Å². The molecule has 3 aliphatic rings. The zero-order valence-corrected chi connectivity index (χ0v) is 17.9. The van der Waals surface area contributed by atoms with E-state index in [9.17, 15) is 4.79 Å². The van der Waals surface area contributed by atoms with E-state index in [4.69, 9.17) is 0 Å². The van der Waals surface area contributed by atoms with Crippen LogP contribution >= 0.6 is 0 Å². The Morgan fingerprint density at radius 1 is 1.26 bits per heavy atom. The number of carbonyl (C=O) groups excluding carboxylic acids is 1. The van der Waals surface area contributed by atoms with Gasteiger partial charge in [-0.2, -0.15) is 0 Å². The number of hydrogen-bond acceptors (Lipinski definition) is 6. The number of fused-ring (bicyclic) bond motifs is 2. The molecule has 2 N–H and O–H groups in total. The van der Waals surface area contributed by atoms with Crippen LogP contribution in [0.25, 0.3) is 5.65 Å². The molecule has 2 fully saturated rings. The Bertz CT molecular complexity index is 1200. The Hall–Kier alpha value is -3.20. The number of rotatable bonds is 2. The lowest BCUT2D eigenvalue weighted by atomic mass is 10.1. The van der Waals surface area contributed by atoms with Gasteiger partial charge in [0.25, 0.3) is 0 Å². The summed E-state index contributed by atoms with van der Waals surface area (Å²) in [6, 6.07) is 3.75. The zero-order chi connectivity index (χ0) is 21.2. The van der Waals surface area contributed by atoms with Gasteiger partial charge in [0.05, 0.1) is 11.9 Å². The summed E-state index contributed by atoms with van der Waals surface area (Å²) in [6.07, 6.45) is 6.99. The maximum absolute atomic E-state index is 13.1. The summed E-state index contributed by atoms with van der Waals surface area (Å²) >= 11 is 0. The number of imidazole rings is 1. The fraction of sp³-hybridized carbons (Fsp3) is 0.455. The zero-order valence-electron chi connectivity index (χ0n) is 17.9. The SMILES string of the molecule is Cc1cn2nc(NC(=O)N3CCc4c(N5CCNC6(CC6)C5)ccnc43)cc(C)c2n1. The molecule has 6 rings (SSSR count). The second-order valence-electron chi connectivity index (χ2n) is 8.96.